The van der Waals surface area contributed by atoms with Gasteiger partial charge in [0.25, 0.3) is 5.91 Å². The molecular formula is C17H13BrFN3O2. The highest BCUT2D eigenvalue weighted by molar-refractivity contribution is 9.10. The largest absolute Gasteiger partial charge is 0.478 e. The van der Waals surface area contributed by atoms with Crippen LogP contribution in [0.2, 0.25) is 0 Å². The lowest BCUT2D eigenvalue weighted by molar-refractivity contribution is -0.121. The molecule has 0 saturated heterocycles. The quantitative estimate of drug-likeness (QED) is 0.673. The minimum Gasteiger partial charge on any atom is -0.478 e. The van der Waals surface area contributed by atoms with Crippen LogP contribution in [0.25, 0.3) is 5.65 Å². The van der Waals surface area contributed by atoms with Gasteiger partial charge in [-0.2, -0.15) is 0 Å². The van der Waals surface area contributed by atoms with Gasteiger partial charge >= 0.3 is 0 Å². The van der Waals surface area contributed by atoms with Gasteiger partial charge in [-0.25, -0.2) is 9.37 Å². The Bertz CT molecular complexity index is 970. The highest BCUT2D eigenvalue weighted by atomic mass is 79.9. The predicted octanol–water partition coefficient (Wildman–Crippen LogP) is 3.47. The third-order valence-electron chi connectivity index (χ3n) is 4.06. The maximum Gasteiger partial charge on any atom is 0.265 e. The summed E-state index contributed by atoms with van der Waals surface area (Å²) in [6.45, 7) is 2.01. The Labute approximate surface area is 145 Å². The third-order valence-corrected chi connectivity index (χ3v) is 4.52. The van der Waals surface area contributed by atoms with Gasteiger partial charge in [0, 0.05) is 10.7 Å². The van der Waals surface area contributed by atoms with Crippen LogP contribution in [-0.4, -0.2) is 21.9 Å². The van der Waals surface area contributed by atoms with E-state index in [4.69, 9.17) is 4.74 Å². The summed E-state index contributed by atoms with van der Waals surface area (Å²) in [5.74, 6) is -0.610. The molecule has 0 radical (unpaired) electrons. The Kier molecular flexibility index (Phi) is 3.53. The highest BCUT2D eigenvalue weighted by Crippen LogP contribution is 2.38. The highest BCUT2D eigenvalue weighted by Gasteiger charge is 2.29. The van der Waals surface area contributed by atoms with Gasteiger partial charge in [0.05, 0.1) is 23.6 Å². The average molecular weight is 390 g/mol. The van der Waals surface area contributed by atoms with Crippen molar-refractivity contribution in [2.24, 2.45) is 0 Å². The number of aryl methyl sites for hydroxylation is 1. The zero-order chi connectivity index (χ0) is 16.8. The first-order valence-electron chi connectivity index (χ1n) is 7.39. The first-order valence-corrected chi connectivity index (χ1v) is 8.18. The zero-order valence-electron chi connectivity index (χ0n) is 12.8. The first kappa shape index (κ1) is 15.1. The fraction of sp³-hybridized carbons (Fsp3) is 0.176. The Morgan fingerprint density at radius 2 is 2.21 bits per heavy atom. The van der Waals surface area contributed by atoms with E-state index in [0.717, 1.165) is 17.0 Å². The summed E-state index contributed by atoms with van der Waals surface area (Å²) in [7, 11) is 0. The number of nitrogens with zero attached hydrogens (tertiary/aromatic N) is 3. The van der Waals surface area contributed by atoms with Gasteiger partial charge in [-0.15, -0.1) is 0 Å². The van der Waals surface area contributed by atoms with Gasteiger partial charge in [-0.05, 0) is 31.2 Å². The summed E-state index contributed by atoms with van der Waals surface area (Å²) < 4.78 is 21.9. The lowest BCUT2D eigenvalue weighted by Gasteiger charge is -2.29. The van der Waals surface area contributed by atoms with E-state index in [2.05, 4.69) is 20.9 Å². The molecule has 4 rings (SSSR count). The molecule has 0 bridgehead atoms. The summed E-state index contributed by atoms with van der Waals surface area (Å²) >= 11 is 3.27. The van der Waals surface area contributed by atoms with Crippen molar-refractivity contribution in [2.45, 2.75) is 13.5 Å². The van der Waals surface area contributed by atoms with E-state index < -0.39 is 5.82 Å². The number of halogens is 2. The molecule has 1 aliphatic rings. The van der Waals surface area contributed by atoms with Crippen molar-refractivity contribution in [1.29, 1.82) is 0 Å². The fourth-order valence-corrected chi connectivity index (χ4v) is 3.33. The number of aromatic nitrogens is 2. The molecule has 7 heteroatoms. The second-order valence-corrected chi connectivity index (χ2v) is 6.49. The van der Waals surface area contributed by atoms with Gasteiger partial charge in [0.1, 0.15) is 5.65 Å². The van der Waals surface area contributed by atoms with Crippen molar-refractivity contribution < 1.29 is 13.9 Å². The van der Waals surface area contributed by atoms with Crippen LogP contribution in [0.15, 0.2) is 41.0 Å². The van der Waals surface area contributed by atoms with E-state index in [9.17, 15) is 9.18 Å². The lowest BCUT2D eigenvalue weighted by atomic mass is 10.2. The van der Waals surface area contributed by atoms with E-state index in [0.29, 0.717) is 16.7 Å². The summed E-state index contributed by atoms with van der Waals surface area (Å²) in [4.78, 5) is 18.4. The van der Waals surface area contributed by atoms with Crippen molar-refractivity contribution in [3.05, 3.63) is 58.2 Å². The van der Waals surface area contributed by atoms with Crippen molar-refractivity contribution in [2.75, 3.05) is 11.5 Å². The molecule has 24 heavy (non-hydrogen) atoms. The fourth-order valence-electron chi connectivity index (χ4n) is 2.91. The molecule has 2 aromatic heterocycles. The van der Waals surface area contributed by atoms with E-state index in [1.54, 1.807) is 6.07 Å². The number of fused-ring (bicyclic) bond motifs is 2. The van der Waals surface area contributed by atoms with Crippen LogP contribution >= 0.6 is 15.9 Å². The van der Waals surface area contributed by atoms with Crippen molar-refractivity contribution in [3.8, 4) is 5.75 Å². The van der Waals surface area contributed by atoms with Crippen LogP contribution in [0.4, 0.5) is 10.1 Å². The summed E-state index contributed by atoms with van der Waals surface area (Å²) in [6.07, 6.45) is 1.90. The molecule has 0 unspecified atom stereocenters. The number of pyridine rings is 1. The number of amides is 1. The summed E-state index contributed by atoms with van der Waals surface area (Å²) in [5.41, 5.74) is 2.94. The van der Waals surface area contributed by atoms with Gasteiger partial charge < -0.3 is 9.14 Å². The SMILES string of the molecule is Cc1nc2ccccn2c1CN1C(=O)COc2c(F)cc(Br)cc21. The molecule has 1 aliphatic heterocycles. The standard InChI is InChI=1S/C17H13BrFN3O2/c1-10-14(21-5-3-2-4-15(21)20-10)8-22-13-7-11(18)6-12(19)17(13)24-9-16(22)23/h2-7H,8-9H2,1H3. The Morgan fingerprint density at radius 1 is 1.38 bits per heavy atom. The van der Waals surface area contributed by atoms with Crippen molar-refractivity contribution >= 4 is 33.2 Å². The molecule has 122 valence electrons. The molecule has 1 amide bonds. The van der Waals surface area contributed by atoms with Gasteiger partial charge in [-0.3, -0.25) is 9.69 Å². The molecule has 0 fully saturated rings. The number of hydrogen-bond acceptors (Lipinski definition) is 3. The minimum absolute atomic E-state index is 0.101. The van der Waals surface area contributed by atoms with Crippen LogP contribution in [0.1, 0.15) is 11.4 Å². The lowest BCUT2D eigenvalue weighted by Crippen LogP contribution is -2.39. The van der Waals surface area contributed by atoms with E-state index >= 15 is 0 Å². The molecule has 0 spiro atoms. The monoisotopic (exact) mass is 389 g/mol. The smallest absolute Gasteiger partial charge is 0.265 e. The molecule has 3 heterocycles. The molecule has 0 atom stereocenters. The van der Waals surface area contributed by atoms with E-state index in [-0.39, 0.29) is 18.3 Å². The Hall–Kier alpha value is -2.41. The number of carbonyl (C=O) groups excluding carboxylic acids is 1. The topological polar surface area (TPSA) is 46.8 Å². The maximum atomic E-state index is 14.1. The number of carbonyl (C=O) groups is 1. The normalized spacial score (nSPS) is 14.0. The molecule has 1 aromatic carbocycles. The van der Waals surface area contributed by atoms with Gasteiger partial charge in [0.2, 0.25) is 0 Å². The number of imidazole rings is 1. The Balaban J connectivity index is 1.82. The maximum absolute atomic E-state index is 14.1. The molecule has 0 aliphatic carbocycles. The summed E-state index contributed by atoms with van der Waals surface area (Å²) in [5, 5.41) is 0. The second-order valence-electron chi connectivity index (χ2n) is 5.58. The second kappa shape index (κ2) is 5.59. The van der Waals surface area contributed by atoms with E-state index in [1.807, 2.05) is 35.7 Å². The molecule has 3 aromatic rings. The van der Waals surface area contributed by atoms with Crippen LogP contribution in [0.5, 0.6) is 5.75 Å². The van der Waals surface area contributed by atoms with Crippen LogP contribution in [-0.2, 0) is 11.3 Å². The minimum atomic E-state index is -0.494. The van der Waals surface area contributed by atoms with Crippen molar-refractivity contribution in [3.63, 3.8) is 0 Å². The number of hydrogen-bond donors (Lipinski definition) is 0. The number of rotatable bonds is 2. The number of anilines is 1. The van der Waals surface area contributed by atoms with Gasteiger partial charge in [0.15, 0.2) is 18.2 Å². The molecule has 5 nitrogen and oxygen atoms in total. The van der Waals surface area contributed by atoms with Crippen molar-refractivity contribution in [1.82, 2.24) is 9.38 Å². The van der Waals surface area contributed by atoms with Gasteiger partial charge in [-0.1, -0.05) is 22.0 Å². The van der Waals surface area contributed by atoms with Crippen LogP contribution < -0.4 is 9.64 Å². The van der Waals surface area contributed by atoms with Crippen LogP contribution in [0, 0.1) is 12.7 Å². The van der Waals surface area contributed by atoms with E-state index in [1.165, 1.54) is 11.0 Å². The Morgan fingerprint density at radius 3 is 3.04 bits per heavy atom. The third kappa shape index (κ3) is 2.36. The summed E-state index contributed by atoms with van der Waals surface area (Å²) in [6, 6.07) is 8.73. The number of ether oxygens (including phenoxy) is 1. The number of benzene rings is 1. The zero-order valence-corrected chi connectivity index (χ0v) is 14.4. The average Bonchev–Trinajstić information content (AvgIpc) is 2.85. The van der Waals surface area contributed by atoms with Crippen LogP contribution in [0.3, 0.4) is 0 Å². The molecule has 0 saturated carbocycles. The first-order chi connectivity index (χ1) is 11.5. The molecular weight excluding hydrogens is 377 g/mol. The predicted molar refractivity (Wildman–Crippen MR) is 90.7 cm³/mol. The molecule has 0 N–H and O–H groups in total.